The van der Waals surface area contributed by atoms with E-state index in [0.717, 1.165) is 26.2 Å². The molecule has 0 spiro atoms. The van der Waals surface area contributed by atoms with Crippen LogP contribution in [-0.2, 0) is 0 Å². The summed E-state index contributed by atoms with van der Waals surface area (Å²) in [6.45, 7) is 7.40. The molecular weight excluding hydrogens is 298 g/mol. The molecule has 1 atom stereocenters. The summed E-state index contributed by atoms with van der Waals surface area (Å²) in [5, 5.41) is 14.5. The molecule has 1 heterocycles. The fraction of sp³-hybridized carbons (Fsp3) is 0.562. The number of hydrogen-bond donors (Lipinski definition) is 1. The molecule has 126 valence electrons. The van der Waals surface area contributed by atoms with Gasteiger partial charge in [0.25, 0.3) is 0 Å². The molecule has 1 aliphatic rings. The van der Waals surface area contributed by atoms with Gasteiger partial charge in [-0.1, -0.05) is 6.92 Å². The summed E-state index contributed by atoms with van der Waals surface area (Å²) in [4.78, 5) is 25.6. The SMILES string of the molecule is CCOc1ccc(C(=O)C(CC)N2CCNCC2)cc1[N+](=O)[O-]. The van der Waals surface area contributed by atoms with Gasteiger partial charge in [-0.2, -0.15) is 0 Å². The third kappa shape index (κ3) is 4.05. The lowest BCUT2D eigenvalue weighted by Gasteiger charge is -2.33. The number of nitrogens with zero attached hydrogens (tertiary/aromatic N) is 2. The number of Topliss-reactive ketones (excluding diaryl/α,β-unsaturated/α-hetero) is 1. The van der Waals surface area contributed by atoms with Gasteiger partial charge in [0.1, 0.15) is 0 Å². The molecular formula is C16H23N3O4. The van der Waals surface area contributed by atoms with Crippen molar-refractivity contribution in [3.05, 3.63) is 33.9 Å². The summed E-state index contributed by atoms with van der Waals surface area (Å²) < 4.78 is 5.26. The predicted octanol–water partition coefficient (Wildman–Crippen LogP) is 1.86. The van der Waals surface area contributed by atoms with Crippen LogP contribution in [-0.4, -0.2) is 54.4 Å². The topological polar surface area (TPSA) is 84.7 Å². The van der Waals surface area contributed by atoms with Crippen molar-refractivity contribution in [2.75, 3.05) is 32.8 Å². The number of carbonyl (C=O) groups excluding carboxylic acids is 1. The van der Waals surface area contributed by atoms with Crippen molar-refractivity contribution in [3.63, 3.8) is 0 Å². The predicted molar refractivity (Wildman–Crippen MR) is 87.1 cm³/mol. The minimum Gasteiger partial charge on any atom is -0.487 e. The largest absolute Gasteiger partial charge is 0.487 e. The fourth-order valence-corrected chi connectivity index (χ4v) is 2.89. The summed E-state index contributed by atoms with van der Waals surface area (Å²) in [6, 6.07) is 4.22. The Labute approximate surface area is 135 Å². The van der Waals surface area contributed by atoms with Gasteiger partial charge in [-0.15, -0.1) is 0 Å². The molecule has 0 bridgehead atoms. The smallest absolute Gasteiger partial charge is 0.311 e. The summed E-state index contributed by atoms with van der Waals surface area (Å²) in [5.74, 6) is 0.129. The lowest BCUT2D eigenvalue weighted by Crippen LogP contribution is -2.51. The van der Waals surface area contributed by atoms with Crippen molar-refractivity contribution >= 4 is 11.5 Å². The number of piperazine rings is 1. The number of ether oxygens (including phenoxy) is 1. The monoisotopic (exact) mass is 321 g/mol. The zero-order valence-electron chi connectivity index (χ0n) is 13.6. The van der Waals surface area contributed by atoms with Crippen molar-refractivity contribution in [1.29, 1.82) is 0 Å². The van der Waals surface area contributed by atoms with Crippen LogP contribution in [0.25, 0.3) is 0 Å². The molecule has 1 unspecified atom stereocenters. The summed E-state index contributed by atoms with van der Waals surface area (Å²) >= 11 is 0. The van der Waals surface area contributed by atoms with Crippen LogP contribution in [0.3, 0.4) is 0 Å². The summed E-state index contributed by atoms with van der Waals surface area (Å²) in [6.07, 6.45) is 0.680. The van der Waals surface area contributed by atoms with Gasteiger partial charge in [-0.05, 0) is 25.5 Å². The Bertz CT molecular complexity index is 570. The second-order valence-electron chi connectivity index (χ2n) is 5.45. The highest BCUT2D eigenvalue weighted by atomic mass is 16.6. The molecule has 23 heavy (non-hydrogen) atoms. The van der Waals surface area contributed by atoms with E-state index in [1.165, 1.54) is 12.1 Å². The van der Waals surface area contributed by atoms with Crippen LogP contribution in [0.4, 0.5) is 5.69 Å². The number of ketones is 1. The van der Waals surface area contributed by atoms with Crippen molar-refractivity contribution in [1.82, 2.24) is 10.2 Å². The number of nitro benzene ring substituents is 1. The van der Waals surface area contributed by atoms with E-state index in [1.54, 1.807) is 13.0 Å². The Kier molecular flexibility index (Phi) is 6.06. The Hall–Kier alpha value is -1.99. The first-order valence-electron chi connectivity index (χ1n) is 7.98. The number of rotatable bonds is 7. The van der Waals surface area contributed by atoms with Crippen LogP contribution in [0.2, 0.25) is 0 Å². The van der Waals surface area contributed by atoms with Crippen molar-refractivity contribution in [2.24, 2.45) is 0 Å². The third-order valence-electron chi connectivity index (χ3n) is 4.02. The average Bonchev–Trinajstić information content (AvgIpc) is 2.57. The fourth-order valence-electron chi connectivity index (χ4n) is 2.89. The van der Waals surface area contributed by atoms with Gasteiger partial charge in [0.15, 0.2) is 11.5 Å². The third-order valence-corrected chi connectivity index (χ3v) is 4.02. The molecule has 1 aromatic carbocycles. The van der Waals surface area contributed by atoms with Crippen LogP contribution in [0.15, 0.2) is 18.2 Å². The molecule has 0 saturated carbocycles. The average molecular weight is 321 g/mol. The minimum atomic E-state index is -0.506. The maximum absolute atomic E-state index is 12.8. The van der Waals surface area contributed by atoms with E-state index in [0.29, 0.717) is 18.6 Å². The second-order valence-corrected chi connectivity index (χ2v) is 5.45. The van der Waals surface area contributed by atoms with E-state index in [4.69, 9.17) is 4.74 Å². The molecule has 7 nitrogen and oxygen atoms in total. The lowest BCUT2D eigenvalue weighted by atomic mass is 9.99. The Morgan fingerprint density at radius 1 is 1.39 bits per heavy atom. The van der Waals surface area contributed by atoms with Crippen LogP contribution in [0.5, 0.6) is 5.75 Å². The Morgan fingerprint density at radius 3 is 2.65 bits per heavy atom. The van der Waals surface area contributed by atoms with Gasteiger partial charge in [0.05, 0.1) is 17.6 Å². The molecule has 1 fully saturated rings. The quantitative estimate of drug-likeness (QED) is 0.469. The van der Waals surface area contributed by atoms with E-state index >= 15 is 0 Å². The Balaban J connectivity index is 2.26. The van der Waals surface area contributed by atoms with Gasteiger partial charge in [-0.3, -0.25) is 19.8 Å². The zero-order chi connectivity index (χ0) is 16.8. The molecule has 2 rings (SSSR count). The molecule has 0 aliphatic carbocycles. The van der Waals surface area contributed by atoms with E-state index < -0.39 is 4.92 Å². The number of benzene rings is 1. The first-order chi connectivity index (χ1) is 11.1. The van der Waals surface area contributed by atoms with Gasteiger partial charge >= 0.3 is 5.69 Å². The molecule has 0 radical (unpaired) electrons. The maximum Gasteiger partial charge on any atom is 0.311 e. The Morgan fingerprint density at radius 2 is 2.09 bits per heavy atom. The number of nitro groups is 1. The lowest BCUT2D eigenvalue weighted by molar-refractivity contribution is -0.385. The van der Waals surface area contributed by atoms with Crippen LogP contribution >= 0.6 is 0 Å². The van der Waals surface area contributed by atoms with Crippen LogP contribution < -0.4 is 10.1 Å². The van der Waals surface area contributed by atoms with E-state index in [2.05, 4.69) is 10.2 Å². The van der Waals surface area contributed by atoms with Crippen LogP contribution in [0.1, 0.15) is 30.6 Å². The first kappa shape index (κ1) is 17.4. The molecule has 1 N–H and O–H groups in total. The number of carbonyl (C=O) groups is 1. The van der Waals surface area contributed by atoms with E-state index in [9.17, 15) is 14.9 Å². The highest BCUT2D eigenvalue weighted by Crippen LogP contribution is 2.29. The van der Waals surface area contributed by atoms with Gasteiger partial charge in [0.2, 0.25) is 0 Å². The maximum atomic E-state index is 12.8. The highest BCUT2D eigenvalue weighted by molar-refractivity contribution is 6.00. The normalized spacial score (nSPS) is 16.8. The molecule has 1 aromatic rings. The number of nitrogens with one attached hydrogen (secondary N) is 1. The van der Waals surface area contributed by atoms with Gasteiger partial charge < -0.3 is 10.1 Å². The first-order valence-corrected chi connectivity index (χ1v) is 7.98. The second kappa shape index (κ2) is 8.03. The molecule has 1 aliphatic heterocycles. The van der Waals surface area contributed by atoms with Crippen molar-refractivity contribution in [2.45, 2.75) is 26.3 Å². The summed E-state index contributed by atoms with van der Waals surface area (Å²) in [7, 11) is 0. The van der Waals surface area contributed by atoms with Crippen molar-refractivity contribution < 1.29 is 14.5 Å². The van der Waals surface area contributed by atoms with Gasteiger partial charge in [0, 0.05) is 37.8 Å². The zero-order valence-corrected chi connectivity index (χ0v) is 13.6. The van der Waals surface area contributed by atoms with E-state index in [-0.39, 0.29) is 23.3 Å². The number of hydrogen-bond acceptors (Lipinski definition) is 6. The summed E-state index contributed by atoms with van der Waals surface area (Å²) in [5.41, 5.74) is 0.207. The molecule has 7 heteroatoms. The molecule has 0 aromatic heterocycles. The van der Waals surface area contributed by atoms with Crippen molar-refractivity contribution in [3.8, 4) is 5.75 Å². The minimum absolute atomic E-state index is 0.0689. The highest BCUT2D eigenvalue weighted by Gasteiger charge is 2.28. The molecule has 1 saturated heterocycles. The molecule has 0 amide bonds. The van der Waals surface area contributed by atoms with Crippen LogP contribution in [0, 0.1) is 10.1 Å². The standard InChI is InChI=1S/C16H23N3O4/c1-3-13(18-9-7-17-8-10-18)16(20)12-5-6-15(23-4-2)14(11-12)19(21)22/h5-6,11,13,17H,3-4,7-10H2,1-2H3. The van der Waals surface area contributed by atoms with Gasteiger partial charge in [-0.25, -0.2) is 0 Å². The van der Waals surface area contributed by atoms with E-state index in [1.807, 2.05) is 6.92 Å².